The molecule has 22 heavy (non-hydrogen) atoms. The van der Waals surface area contributed by atoms with Crippen molar-refractivity contribution in [2.45, 2.75) is 13.3 Å². The number of benzene rings is 2. The Kier molecular flexibility index (Phi) is 5.98. The van der Waals surface area contributed by atoms with Gasteiger partial charge in [0.15, 0.2) is 0 Å². The van der Waals surface area contributed by atoms with E-state index in [-0.39, 0.29) is 5.91 Å². The Balaban J connectivity index is 1.90. The van der Waals surface area contributed by atoms with Crippen LogP contribution in [0.25, 0.3) is 0 Å². The van der Waals surface area contributed by atoms with Gasteiger partial charge in [0.1, 0.15) is 5.75 Å². The standard InChI is InChI=1S/C17H17ClN2O2/c1-2-10-22-16-8-6-13(7-9-16)12-19-20-17(21)14-4-3-5-15(18)11-14/h3-9,11-12H,2,10H2,1H3,(H,20,21)/b19-12-. The van der Waals surface area contributed by atoms with Crippen LogP contribution in [-0.4, -0.2) is 18.7 Å². The van der Waals surface area contributed by atoms with Crippen LogP contribution in [0.4, 0.5) is 0 Å². The molecule has 0 bridgehead atoms. The molecule has 0 atom stereocenters. The Morgan fingerprint density at radius 3 is 2.73 bits per heavy atom. The van der Waals surface area contributed by atoms with Crippen molar-refractivity contribution >= 4 is 23.7 Å². The molecule has 0 fully saturated rings. The second-order valence-corrected chi connectivity index (χ2v) is 5.06. The molecule has 2 aromatic carbocycles. The second kappa shape index (κ2) is 8.20. The number of nitrogens with zero attached hydrogens (tertiary/aromatic N) is 1. The average molecular weight is 317 g/mol. The topological polar surface area (TPSA) is 50.7 Å². The summed E-state index contributed by atoms with van der Waals surface area (Å²) in [4.78, 5) is 11.9. The number of amides is 1. The van der Waals surface area contributed by atoms with E-state index >= 15 is 0 Å². The third-order valence-electron chi connectivity index (χ3n) is 2.82. The second-order valence-electron chi connectivity index (χ2n) is 4.63. The van der Waals surface area contributed by atoms with Gasteiger partial charge in [-0.25, -0.2) is 5.43 Å². The molecule has 0 aromatic heterocycles. The number of carbonyl (C=O) groups excluding carboxylic acids is 1. The lowest BCUT2D eigenvalue weighted by atomic mass is 10.2. The number of carbonyl (C=O) groups is 1. The molecular weight excluding hydrogens is 300 g/mol. The molecule has 0 saturated heterocycles. The summed E-state index contributed by atoms with van der Waals surface area (Å²) >= 11 is 5.84. The molecule has 0 aliphatic carbocycles. The summed E-state index contributed by atoms with van der Waals surface area (Å²) in [7, 11) is 0. The zero-order valence-electron chi connectivity index (χ0n) is 12.3. The number of halogens is 1. The average Bonchev–Trinajstić information content (AvgIpc) is 2.54. The Morgan fingerprint density at radius 2 is 2.05 bits per heavy atom. The van der Waals surface area contributed by atoms with E-state index in [9.17, 15) is 4.79 Å². The molecule has 1 N–H and O–H groups in total. The minimum absolute atomic E-state index is 0.304. The highest BCUT2D eigenvalue weighted by molar-refractivity contribution is 6.30. The molecular formula is C17H17ClN2O2. The summed E-state index contributed by atoms with van der Waals surface area (Å²) in [6.07, 6.45) is 2.55. The first-order valence-electron chi connectivity index (χ1n) is 7.01. The van der Waals surface area contributed by atoms with Crippen molar-refractivity contribution in [3.05, 3.63) is 64.7 Å². The van der Waals surface area contributed by atoms with Crippen molar-refractivity contribution in [1.29, 1.82) is 0 Å². The third kappa shape index (κ3) is 4.90. The lowest BCUT2D eigenvalue weighted by Gasteiger charge is -2.04. The van der Waals surface area contributed by atoms with Gasteiger partial charge in [-0.3, -0.25) is 4.79 Å². The normalized spacial score (nSPS) is 10.6. The van der Waals surface area contributed by atoms with Crippen molar-refractivity contribution in [1.82, 2.24) is 5.43 Å². The first kappa shape index (κ1) is 16.0. The zero-order chi connectivity index (χ0) is 15.8. The molecule has 0 heterocycles. The quantitative estimate of drug-likeness (QED) is 0.649. The van der Waals surface area contributed by atoms with Gasteiger partial charge in [-0.15, -0.1) is 0 Å². The molecule has 2 rings (SSSR count). The Labute approximate surface area is 134 Å². The van der Waals surface area contributed by atoms with E-state index in [1.54, 1.807) is 30.5 Å². The van der Waals surface area contributed by atoms with Gasteiger partial charge in [-0.05, 0) is 54.4 Å². The molecule has 5 heteroatoms. The van der Waals surface area contributed by atoms with E-state index in [2.05, 4.69) is 17.5 Å². The fourth-order valence-electron chi connectivity index (χ4n) is 1.73. The van der Waals surface area contributed by atoms with Crippen LogP contribution in [0.3, 0.4) is 0 Å². The van der Waals surface area contributed by atoms with Crippen molar-refractivity contribution in [3.8, 4) is 5.75 Å². The SMILES string of the molecule is CCCOc1ccc(/C=N\NC(=O)c2cccc(Cl)c2)cc1. The number of nitrogens with one attached hydrogen (secondary N) is 1. The fourth-order valence-corrected chi connectivity index (χ4v) is 1.92. The maximum absolute atomic E-state index is 11.9. The summed E-state index contributed by atoms with van der Waals surface area (Å²) in [6, 6.07) is 14.2. The lowest BCUT2D eigenvalue weighted by Crippen LogP contribution is -2.17. The van der Waals surface area contributed by atoms with Crippen LogP contribution in [0.5, 0.6) is 5.75 Å². The molecule has 0 radical (unpaired) electrons. The first-order valence-corrected chi connectivity index (χ1v) is 7.38. The molecule has 0 unspecified atom stereocenters. The highest BCUT2D eigenvalue weighted by atomic mass is 35.5. The van der Waals surface area contributed by atoms with Gasteiger partial charge in [0.05, 0.1) is 12.8 Å². The van der Waals surface area contributed by atoms with Crippen LogP contribution < -0.4 is 10.2 Å². The maximum atomic E-state index is 11.9. The van der Waals surface area contributed by atoms with E-state index < -0.39 is 0 Å². The Hall–Kier alpha value is -2.33. The number of rotatable bonds is 6. The number of hydrogen-bond donors (Lipinski definition) is 1. The van der Waals surface area contributed by atoms with Crippen molar-refractivity contribution < 1.29 is 9.53 Å². The minimum atomic E-state index is -0.304. The lowest BCUT2D eigenvalue weighted by molar-refractivity contribution is 0.0955. The van der Waals surface area contributed by atoms with E-state index in [0.29, 0.717) is 17.2 Å². The van der Waals surface area contributed by atoms with Crippen LogP contribution in [0, 0.1) is 0 Å². The monoisotopic (exact) mass is 316 g/mol. The van der Waals surface area contributed by atoms with E-state index in [1.807, 2.05) is 24.3 Å². The van der Waals surface area contributed by atoms with Crippen molar-refractivity contribution in [2.75, 3.05) is 6.61 Å². The summed E-state index contributed by atoms with van der Waals surface area (Å²) < 4.78 is 5.50. The molecule has 0 aliphatic rings. The van der Waals surface area contributed by atoms with Crippen LogP contribution in [0.1, 0.15) is 29.3 Å². The fraction of sp³-hybridized carbons (Fsp3) is 0.176. The number of hydrazone groups is 1. The number of hydrogen-bond acceptors (Lipinski definition) is 3. The van der Waals surface area contributed by atoms with Crippen LogP contribution >= 0.6 is 11.6 Å². The third-order valence-corrected chi connectivity index (χ3v) is 3.05. The smallest absolute Gasteiger partial charge is 0.271 e. The number of ether oxygens (including phenoxy) is 1. The maximum Gasteiger partial charge on any atom is 0.271 e. The van der Waals surface area contributed by atoms with E-state index in [4.69, 9.17) is 16.3 Å². The predicted molar refractivity (Wildman–Crippen MR) is 88.7 cm³/mol. The minimum Gasteiger partial charge on any atom is -0.494 e. The molecule has 4 nitrogen and oxygen atoms in total. The van der Waals surface area contributed by atoms with Gasteiger partial charge in [-0.2, -0.15) is 5.10 Å². The van der Waals surface area contributed by atoms with E-state index in [0.717, 1.165) is 17.7 Å². The molecule has 0 saturated carbocycles. The van der Waals surface area contributed by atoms with Crippen LogP contribution in [-0.2, 0) is 0 Å². The largest absolute Gasteiger partial charge is 0.494 e. The van der Waals surface area contributed by atoms with Crippen LogP contribution in [0.2, 0.25) is 5.02 Å². The summed E-state index contributed by atoms with van der Waals surface area (Å²) in [6.45, 7) is 2.76. The highest BCUT2D eigenvalue weighted by Crippen LogP contribution is 2.12. The summed E-state index contributed by atoms with van der Waals surface area (Å²) in [5.41, 5.74) is 3.80. The van der Waals surface area contributed by atoms with Crippen molar-refractivity contribution in [2.24, 2.45) is 5.10 Å². The van der Waals surface area contributed by atoms with E-state index in [1.165, 1.54) is 0 Å². The van der Waals surface area contributed by atoms with Gasteiger partial charge in [0.25, 0.3) is 5.91 Å². The van der Waals surface area contributed by atoms with Crippen molar-refractivity contribution in [3.63, 3.8) is 0 Å². The predicted octanol–water partition coefficient (Wildman–Crippen LogP) is 3.89. The zero-order valence-corrected chi connectivity index (χ0v) is 13.0. The van der Waals surface area contributed by atoms with Gasteiger partial charge in [-0.1, -0.05) is 24.6 Å². The Morgan fingerprint density at radius 1 is 1.27 bits per heavy atom. The molecule has 0 aliphatic heterocycles. The molecule has 0 spiro atoms. The first-order chi connectivity index (χ1) is 10.7. The van der Waals surface area contributed by atoms with Gasteiger partial charge in [0, 0.05) is 10.6 Å². The summed E-state index contributed by atoms with van der Waals surface area (Å²) in [5, 5.41) is 4.44. The highest BCUT2D eigenvalue weighted by Gasteiger charge is 2.03. The molecule has 2 aromatic rings. The van der Waals surface area contributed by atoms with Crippen LogP contribution in [0.15, 0.2) is 53.6 Å². The van der Waals surface area contributed by atoms with Gasteiger partial charge >= 0.3 is 0 Å². The summed E-state index contributed by atoms with van der Waals surface area (Å²) in [5.74, 6) is 0.517. The Bertz CT molecular complexity index is 654. The molecule has 1 amide bonds. The van der Waals surface area contributed by atoms with Gasteiger partial charge < -0.3 is 4.74 Å². The van der Waals surface area contributed by atoms with Gasteiger partial charge in [0.2, 0.25) is 0 Å². The molecule has 114 valence electrons.